The Morgan fingerprint density at radius 2 is 2.24 bits per heavy atom. The summed E-state index contributed by atoms with van der Waals surface area (Å²) >= 11 is 0. The third-order valence-corrected chi connectivity index (χ3v) is 3.28. The second kappa shape index (κ2) is 5.29. The molecule has 1 aromatic carbocycles. The lowest BCUT2D eigenvalue weighted by atomic mass is 9.99. The lowest BCUT2D eigenvalue weighted by Gasteiger charge is -2.34. The van der Waals surface area contributed by atoms with Crippen LogP contribution in [0.2, 0.25) is 0 Å². The number of amides is 1. The number of nitrogens with zero attached hydrogens (tertiary/aromatic N) is 1. The molecule has 1 aliphatic rings. The molecule has 0 aromatic heterocycles. The summed E-state index contributed by atoms with van der Waals surface area (Å²) in [4.78, 5) is 13.6. The predicted molar refractivity (Wildman–Crippen MR) is 67.6 cm³/mol. The van der Waals surface area contributed by atoms with Gasteiger partial charge in [-0.2, -0.15) is 0 Å². The Hall–Kier alpha value is -1.39. The van der Waals surface area contributed by atoms with Crippen LogP contribution in [0.4, 0.5) is 0 Å². The van der Waals surface area contributed by atoms with Crippen molar-refractivity contribution < 1.29 is 4.79 Å². The zero-order valence-corrected chi connectivity index (χ0v) is 10.1. The van der Waals surface area contributed by atoms with Crippen molar-refractivity contribution in [1.29, 1.82) is 0 Å². The van der Waals surface area contributed by atoms with Crippen LogP contribution in [-0.4, -0.2) is 37.0 Å². The molecule has 1 aromatic rings. The van der Waals surface area contributed by atoms with Crippen LogP contribution in [-0.2, 0) is 4.79 Å². The molecule has 1 amide bonds. The van der Waals surface area contributed by atoms with Gasteiger partial charge in [0.25, 0.3) is 0 Å². The number of carbonyl (C=O) groups excluding carboxylic acids is 1. The molecule has 1 saturated heterocycles. The van der Waals surface area contributed by atoms with E-state index in [1.807, 2.05) is 12.1 Å². The van der Waals surface area contributed by atoms with Gasteiger partial charge in [-0.05, 0) is 18.1 Å². The normalized spacial score (nSPS) is 18.8. The van der Waals surface area contributed by atoms with Crippen molar-refractivity contribution in [3.63, 3.8) is 0 Å². The molecule has 92 valence electrons. The first kappa shape index (κ1) is 12.1. The Bertz CT molecular complexity index is 405. The summed E-state index contributed by atoms with van der Waals surface area (Å²) in [6.07, 6.45) is 0. The van der Waals surface area contributed by atoms with E-state index in [0.717, 1.165) is 6.54 Å². The molecular formula is C13H19N3O. The van der Waals surface area contributed by atoms with Crippen molar-refractivity contribution in [2.45, 2.75) is 13.0 Å². The first-order valence-electron chi connectivity index (χ1n) is 5.98. The van der Waals surface area contributed by atoms with Crippen LogP contribution in [0.3, 0.4) is 0 Å². The van der Waals surface area contributed by atoms with Gasteiger partial charge in [0.2, 0.25) is 5.91 Å². The molecular weight excluding hydrogens is 214 g/mol. The maximum Gasteiger partial charge on any atom is 0.234 e. The van der Waals surface area contributed by atoms with E-state index in [1.165, 1.54) is 11.1 Å². The number of benzene rings is 1. The molecule has 1 fully saturated rings. The van der Waals surface area contributed by atoms with E-state index in [4.69, 9.17) is 5.73 Å². The molecule has 1 unspecified atom stereocenters. The number of hydrogen-bond acceptors (Lipinski definition) is 3. The van der Waals surface area contributed by atoms with Gasteiger partial charge in [0.05, 0.1) is 6.54 Å². The Morgan fingerprint density at radius 3 is 2.88 bits per heavy atom. The fraction of sp³-hybridized carbons (Fsp3) is 0.462. The fourth-order valence-electron chi connectivity index (χ4n) is 2.36. The zero-order chi connectivity index (χ0) is 12.3. The van der Waals surface area contributed by atoms with Gasteiger partial charge in [0, 0.05) is 25.7 Å². The van der Waals surface area contributed by atoms with E-state index in [1.54, 1.807) is 0 Å². The van der Waals surface area contributed by atoms with Crippen molar-refractivity contribution >= 4 is 5.91 Å². The highest BCUT2D eigenvalue weighted by Gasteiger charge is 2.25. The lowest BCUT2D eigenvalue weighted by Crippen LogP contribution is -2.50. The zero-order valence-electron chi connectivity index (χ0n) is 10.1. The smallest absolute Gasteiger partial charge is 0.234 e. The average molecular weight is 233 g/mol. The van der Waals surface area contributed by atoms with Gasteiger partial charge in [-0.15, -0.1) is 0 Å². The van der Waals surface area contributed by atoms with Crippen molar-refractivity contribution in [1.82, 2.24) is 10.2 Å². The maximum absolute atomic E-state index is 11.4. The Labute approximate surface area is 102 Å². The molecule has 17 heavy (non-hydrogen) atoms. The summed E-state index contributed by atoms with van der Waals surface area (Å²) in [5.74, 6) is 0.0864. The van der Waals surface area contributed by atoms with Gasteiger partial charge in [-0.25, -0.2) is 0 Å². The van der Waals surface area contributed by atoms with Gasteiger partial charge >= 0.3 is 0 Å². The molecule has 4 heteroatoms. The summed E-state index contributed by atoms with van der Waals surface area (Å²) < 4.78 is 0. The third-order valence-electron chi connectivity index (χ3n) is 3.28. The second-order valence-corrected chi connectivity index (χ2v) is 4.43. The highest BCUT2D eigenvalue weighted by Crippen LogP contribution is 2.23. The van der Waals surface area contributed by atoms with Crippen molar-refractivity contribution in [3.8, 4) is 0 Å². The van der Waals surface area contributed by atoms with E-state index < -0.39 is 0 Å². The first-order chi connectivity index (χ1) is 8.22. The van der Waals surface area contributed by atoms with Gasteiger partial charge in [0.1, 0.15) is 0 Å². The van der Waals surface area contributed by atoms with Crippen molar-refractivity contribution in [2.24, 2.45) is 5.73 Å². The molecule has 1 heterocycles. The second-order valence-electron chi connectivity index (χ2n) is 4.43. The molecule has 0 radical (unpaired) electrons. The number of hydrogen-bond donors (Lipinski definition) is 2. The van der Waals surface area contributed by atoms with Crippen molar-refractivity contribution in [2.75, 3.05) is 26.2 Å². The number of aryl methyl sites for hydroxylation is 1. The standard InChI is InChI=1S/C13H19N3O/c1-10-4-2-3-5-11(10)12(8-14)16-7-6-15-13(17)9-16/h2-5,12H,6-9,14H2,1H3,(H,15,17). The van der Waals surface area contributed by atoms with E-state index in [9.17, 15) is 4.79 Å². The van der Waals surface area contributed by atoms with Crippen LogP contribution in [0, 0.1) is 6.92 Å². The Morgan fingerprint density at radius 1 is 1.47 bits per heavy atom. The largest absolute Gasteiger partial charge is 0.354 e. The number of piperazine rings is 1. The minimum atomic E-state index is 0.0864. The van der Waals surface area contributed by atoms with Gasteiger partial charge in [-0.1, -0.05) is 24.3 Å². The molecule has 0 aliphatic carbocycles. The Kier molecular flexibility index (Phi) is 3.76. The summed E-state index contributed by atoms with van der Waals surface area (Å²) in [6, 6.07) is 8.37. The number of nitrogens with one attached hydrogen (secondary N) is 1. The summed E-state index contributed by atoms with van der Waals surface area (Å²) in [5.41, 5.74) is 8.33. The van der Waals surface area contributed by atoms with Crippen LogP contribution in [0.25, 0.3) is 0 Å². The van der Waals surface area contributed by atoms with Crippen LogP contribution in [0.5, 0.6) is 0 Å². The van der Waals surface area contributed by atoms with E-state index in [-0.39, 0.29) is 11.9 Å². The summed E-state index contributed by atoms with van der Waals surface area (Å²) in [7, 11) is 0. The van der Waals surface area contributed by atoms with Gasteiger partial charge in [0.15, 0.2) is 0 Å². The molecule has 1 aliphatic heterocycles. The van der Waals surface area contributed by atoms with E-state index in [0.29, 0.717) is 19.6 Å². The van der Waals surface area contributed by atoms with E-state index in [2.05, 4.69) is 29.3 Å². The predicted octanol–water partition coefficient (Wildman–Crippen LogP) is 0.427. The van der Waals surface area contributed by atoms with Crippen LogP contribution < -0.4 is 11.1 Å². The molecule has 3 N–H and O–H groups in total. The molecule has 0 bridgehead atoms. The Balaban J connectivity index is 2.21. The highest BCUT2D eigenvalue weighted by atomic mass is 16.2. The quantitative estimate of drug-likeness (QED) is 0.796. The molecule has 2 rings (SSSR count). The summed E-state index contributed by atoms with van der Waals surface area (Å²) in [6.45, 7) is 4.64. The minimum Gasteiger partial charge on any atom is -0.354 e. The first-order valence-corrected chi connectivity index (χ1v) is 5.98. The van der Waals surface area contributed by atoms with Crippen LogP contribution in [0.1, 0.15) is 17.2 Å². The monoisotopic (exact) mass is 233 g/mol. The summed E-state index contributed by atoms with van der Waals surface area (Å²) in [5, 5.41) is 2.84. The minimum absolute atomic E-state index is 0.0864. The van der Waals surface area contributed by atoms with Crippen LogP contribution in [0.15, 0.2) is 24.3 Å². The SMILES string of the molecule is Cc1ccccc1C(CN)N1CCNC(=O)C1. The molecule has 1 atom stereocenters. The van der Waals surface area contributed by atoms with E-state index >= 15 is 0 Å². The molecule has 0 spiro atoms. The molecule has 4 nitrogen and oxygen atoms in total. The molecule has 0 saturated carbocycles. The third kappa shape index (κ3) is 2.65. The fourth-order valence-corrected chi connectivity index (χ4v) is 2.36. The maximum atomic E-state index is 11.4. The average Bonchev–Trinajstić information content (AvgIpc) is 2.33. The topological polar surface area (TPSA) is 58.4 Å². The lowest BCUT2D eigenvalue weighted by molar-refractivity contribution is -0.124. The number of rotatable bonds is 3. The van der Waals surface area contributed by atoms with Gasteiger partial charge in [-0.3, -0.25) is 9.69 Å². The number of nitrogens with two attached hydrogens (primary N) is 1. The van der Waals surface area contributed by atoms with Crippen LogP contribution >= 0.6 is 0 Å². The highest BCUT2D eigenvalue weighted by molar-refractivity contribution is 5.78. The van der Waals surface area contributed by atoms with Gasteiger partial charge < -0.3 is 11.1 Å². The van der Waals surface area contributed by atoms with Crippen molar-refractivity contribution in [3.05, 3.63) is 35.4 Å². The number of carbonyl (C=O) groups is 1.